The SMILES string of the molecule is CCc1ccc(OC)c(CC(C#N)c2ccc(C(C)C)cc2)c1. The van der Waals surface area contributed by atoms with Crippen LogP contribution in [0.15, 0.2) is 42.5 Å². The Labute approximate surface area is 139 Å². The van der Waals surface area contributed by atoms with Crippen LogP contribution in [0.3, 0.4) is 0 Å². The molecule has 0 bridgehead atoms. The molecule has 2 rings (SSSR count). The van der Waals surface area contributed by atoms with Gasteiger partial charge in [0.1, 0.15) is 5.75 Å². The zero-order valence-corrected chi connectivity index (χ0v) is 14.5. The summed E-state index contributed by atoms with van der Waals surface area (Å²) >= 11 is 0. The number of aryl methyl sites for hydroxylation is 1. The Hall–Kier alpha value is -2.27. The van der Waals surface area contributed by atoms with Gasteiger partial charge in [-0.2, -0.15) is 5.26 Å². The van der Waals surface area contributed by atoms with Crippen molar-refractivity contribution in [2.45, 2.75) is 45.4 Å². The van der Waals surface area contributed by atoms with Gasteiger partial charge in [-0.1, -0.05) is 57.2 Å². The van der Waals surface area contributed by atoms with Gasteiger partial charge < -0.3 is 4.74 Å². The van der Waals surface area contributed by atoms with Gasteiger partial charge in [0, 0.05) is 0 Å². The third-order valence-corrected chi connectivity index (χ3v) is 4.34. The molecule has 0 saturated heterocycles. The normalized spacial score (nSPS) is 12.0. The largest absolute Gasteiger partial charge is 0.496 e. The summed E-state index contributed by atoms with van der Waals surface area (Å²) in [5.41, 5.74) is 4.75. The van der Waals surface area contributed by atoms with Crippen LogP contribution < -0.4 is 4.74 Å². The molecule has 0 saturated carbocycles. The van der Waals surface area contributed by atoms with Gasteiger partial charge in [0.2, 0.25) is 0 Å². The Morgan fingerprint density at radius 3 is 2.22 bits per heavy atom. The molecule has 23 heavy (non-hydrogen) atoms. The van der Waals surface area contributed by atoms with Crippen LogP contribution in [0.1, 0.15) is 54.9 Å². The average molecular weight is 307 g/mol. The van der Waals surface area contributed by atoms with Gasteiger partial charge >= 0.3 is 0 Å². The number of methoxy groups -OCH3 is 1. The monoisotopic (exact) mass is 307 g/mol. The molecule has 2 aromatic carbocycles. The van der Waals surface area contributed by atoms with Crippen molar-refractivity contribution in [2.75, 3.05) is 7.11 Å². The molecule has 0 N–H and O–H groups in total. The molecule has 2 heteroatoms. The van der Waals surface area contributed by atoms with Crippen molar-refractivity contribution in [2.24, 2.45) is 0 Å². The smallest absolute Gasteiger partial charge is 0.122 e. The van der Waals surface area contributed by atoms with E-state index in [2.05, 4.69) is 63.2 Å². The first-order chi connectivity index (χ1) is 11.1. The van der Waals surface area contributed by atoms with Gasteiger partial charge in [-0.3, -0.25) is 0 Å². The lowest BCUT2D eigenvalue weighted by Crippen LogP contribution is -2.03. The third-order valence-electron chi connectivity index (χ3n) is 4.34. The van der Waals surface area contributed by atoms with Gasteiger partial charge in [0.25, 0.3) is 0 Å². The second kappa shape index (κ2) is 7.83. The number of nitrogens with zero attached hydrogens (tertiary/aromatic N) is 1. The van der Waals surface area contributed by atoms with Crippen molar-refractivity contribution >= 4 is 0 Å². The van der Waals surface area contributed by atoms with E-state index in [9.17, 15) is 5.26 Å². The summed E-state index contributed by atoms with van der Waals surface area (Å²) in [4.78, 5) is 0. The predicted octanol–water partition coefficient (Wildman–Crippen LogP) is 5.23. The van der Waals surface area contributed by atoms with Crippen LogP contribution in [0, 0.1) is 11.3 Å². The lowest BCUT2D eigenvalue weighted by atomic mass is 9.90. The Bertz CT molecular complexity index is 680. The van der Waals surface area contributed by atoms with E-state index in [1.54, 1.807) is 7.11 Å². The Kier molecular flexibility index (Phi) is 5.82. The number of ether oxygens (including phenoxy) is 1. The van der Waals surface area contributed by atoms with E-state index in [-0.39, 0.29) is 5.92 Å². The molecule has 120 valence electrons. The van der Waals surface area contributed by atoms with Crippen LogP contribution in [-0.4, -0.2) is 7.11 Å². The minimum atomic E-state index is -0.155. The molecule has 0 aliphatic rings. The summed E-state index contributed by atoms with van der Waals surface area (Å²) < 4.78 is 5.47. The maximum absolute atomic E-state index is 9.62. The number of rotatable bonds is 6. The minimum Gasteiger partial charge on any atom is -0.496 e. The highest BCUT2D eigenvalue weighted by Gasteiger charge is 2.15. The highest BCUT2D eigenvalue weighted by molar-refractivity contribution is 5.40. The Morgan fingerprint density at radius 1 is 1.04 bits per heavy atom. The van der Waals surface area contributed by atoms with Crippen LogP contribution in [0.4, 0.5) is 0 Å². The molecule has 0 fully saturated rings. The molecule has 0 spiro atoms. The second-order valence-corrected chi connectivity index (χ2v) is 6.21. The Morgan fingerprint density at radius 2 is 1.70 bits per heavy atom. The molecule has 0 aliphatic carbocycles. The zero-order valence-electron chi connectivity index (χ0n) is 14.5. The van der Waals surface area contributed by atoms with Gasteiger partial charge in [0.05, 0.1) is 19.1 Å². The summed E-state index contributed by atoms with van der Waals surface area (Å²) in [5, 5.41) is 9.62. The molecule has 0 aliphatic heterocycles. The van der Waals surface area contributed by atoms with Crippen molar-refractivity contribution in [3.05, 3.63) is 64.7 Å². The second-order valence-electron chi connectivity index (χ2n) is 6.21. The van der Waals surface area contributed by atoms with Crippen molar-refractivity contribution in [1.82, 2.24) is 0 Å². The quantitative estimate of drug-likeness (QED) is 0.732. The summed E-state index contributed by atoms with van der Waals surface area (Å²) in [6, 6.07) is 17.1. The molecule has 0 radical (unpaired) electrons. The van der Waals surface area contributed by atoms with Crippen molar-refractivity contribution in [3.8, 4) is 11.8 Å². The van der Waals surface area contributed by atoms with E-state index in [1.807, 2.05) is 6.07 Å². The molecule has 2 nitrogen and oxygen atoms in total. The first-order valence-electron chi connectivity index (χ1n) is 8.24. The maximum atomic E-state index is 9.62. The molecule has 1 unspecified atom stereocenters. The fraction of sp³-hybridized carbons (Fsp3) is 0.381. The average Bonchev–Trinajstić information content (AvgIpc) is 2.59. The lowest BCUT2D eigenvalue weighted by molar-refractivity contribution is 0.409. The zero-order chi connectivity index (χ0) is 16.8. The molecule has 0 heterocycles. The van der Waals surface area contributed by atoms with Crippen molar-refractivity contribution in [3.63, 3.8) is 0 Å². The molecule has 0 aromatic heterocycles. The van der Waals surface area contributed by atoms with E-state index < -0.39 is 0 Å². The van der Waals surface area contributed by atoms with Gasteiger partial charge in [0.15, 0.2) is 0 Å². The number of hydrogen-bond donors (Lipinski definition) is 0. The van der Waals surface area contributed by atoms with E-state index in [0.717, 1.165) is 23.3 Å². The van der Waals surface area contributed by atoms with Crippen LogP contribution in [-0.2, 0) is 12.8 Å². The van der Waals surface area contributed by atoms with Crippen LogP contribution >= 0.6 is 0 Å². The summed E-state index contributed by atoms with van der Waals surface area (Å²) in [5.74, 6) is 1.21. The number of nitriles is 1. The number of hydrogen-bond acceptors (Lipinski definition) is 2. The van der Waals surface area contributed by atoms with E-state index in [1.165, 1.54) is 11.1 Å². The topological polar surface area (TPSA) is 33.0 Å². The molecule has 1 atom stereocenters. The molecular weight excluding hydrogens is 282 g/mol. The lowest BCUT2D eigenvalue weighted by Gasteiger charge is -2.15. The van der Waals surface area contributed by atoms with Gasteiger partial charge in [-0.15, -0.1) is 0 Å². The van der Waals surface area contributed by atoms with E-state index >= 15 is 0 Å². The fourth-order valence-electron chi connectivity index (χ4n) is 2.78. The maximum Gasteiger partial charge on any atom is 0.122 e. The molecule has 2 aromatic rings. The standard InChI is InChI=1S/C21H25NO/c1-5-16-6-11-21(23-4)19(12-16)13-20(14-22)18-9-7-17(8-10-18)15(2)3/h6-12,15,20H,5,13H2,1-4H3. The number of benzene rings is 2. The van der Waals surface area contributed by atoms with E-state index in [4.69, 9.17) is 4.74 Å². The fourth-order valence-corrected chi connectivity index (χ4v) is 2.78. The van der Waals surface area contributed by atoms with E-state index in [0.29, 0.717) is 12.3 Å². The van der Waals surface area contributed by atoms with Gasteiger partial charge in [-0.25, -0.2) is 0 Å². The van der Waals surface area contributed by atoms with Crippen molar-refractivity contribution < 1.29 is 4.74 Å². The summed E-state index contributed by atoms with van der Waals surface area (Å²) in [6.07, 6.45) is 1.66. The Balaban J connectivity index is 2.27. The first kappa shape index (κ1) is 17.1. The van der Waals surface area contributed by atoms with Crippen molar-refractivity contribution in [1.29, 1.82) is 5.26 Å². The summed E-state index contributed by atoms with van der Waals surface area (Å²) in [7, 11) is 1.68. The minimum absolute atomic E-state index is 0.155. The highest BCUT2D eigenvalue weighted by Crippen LogP contribution is 2.28. The summed E-state index contributed by atoms with van der Waals surface area (Å²) in [6.45, 7) is 6.49. The molecular formula is C21H25NO. The highest BCUT2D eigenvalue weighted by atomic mass is 16.5. The van der Waals surface area contributed by atoms with Crippen LogP contribution in [0.25, 0.3) is 0 Å². The van der Waals surface area contributed by atoms with Gasteiger partial charge in [-0.05, 0) is 47.1 Å². The molecule has 0 amide bonds. The third kappa shape index (κ3) is 4.13. The van der Waals surface area contributed by atoms with Crippen LogP contribution in [0.2, 0.25) is 0 Å². The predicted molar refractivity (Wildman–Crippen MR) is 95.0 cm³/mol. The van der Waals surface area contributed by atoms with Crippen LogP contribution in [0.5, 0.6) is 5.75 Å². The first-order valence-corrected chi connectivity index (χ1v) is 8.24.